The van der Waals surface area contributed by atoms with E-state index in [4.69, 9.17) is 4.74 Å². The number of esters is 1. The highest BCUT2D eigenvalue weighted by atomic mass is 32.1. The molecule has 27 heavy (non-hydrogen) atoms. The lowest BCUT2D eigenvalue weighted by Crippen LogP contribution is -2.07. The number of amides is 1. The molecule has 0 unspecified atom stereocenters. The standard InChI is InChI=1S/C18H15N3O5S/c1-3-26-18(23)16-11(2)14(10-19)17(27-16)20-15(22)8-7-12-5-4-6-13(9-12)21(24)25/h4-9H,3H2,1-2H3,(H,20,22). The Labute approximate surface area is 158 Å². The van der Waals surface area contributed by atoms with Gasteiger partial charge in [0.25, 0.3) is 5.69 Å². The molecule has 2 rings (SSSR count). The van der Waals surface area contributed by atoms with E-state index < -0.39 is 16.8 Å². The summed E-state index contributed by atoms with van der Waals surface area (Å²) in [5, 5.41) is 22.9. The highest BCUT2D eigenvalue weighted by Gasteiger charge is 2.21. The van der Waals surface area contributed by atoms with Gasteiger partial charge in [0.2, 0.25) is 5.91 Å². The van der Waals surface area contributed by atoms with Gasteiger partial charge in [-0.2, -0.15) is 5.26 Å². The lowest BCUT2D eigenvalue weighted by Gasteiger charge is -1.99. The Morgan fingerprint density at radius 1 is 1.44 bits per heavy atom. The van der Waals surface area contributed by atoms with Gasteiger partial charge in [-0.05, 0) is 31.1 Å². The summed E-state index contributed by atoms with van der Waals surface area (Å²) in [5.41, 5.74) is 1.03. The number of nitro groups is 1. The zero-order valence-electron chi connectivity index (χ0n) is 14.5. The number of hydrogen-bond acceptors (Lipinski definition) is 7. The van der Waals surface area contributed by atoms with Gasteiger partial charge in [-0.15, -0.1) is 11.3 Å². The molecule has 0 bridgehead atoms. The van der Waals surface area contributed by atoms with Crippen molar-refractivity contribution in [1.29, 1.82) is 5.26 Å². The van der Waals surface area contributed by atoms with Crippen LogP contribution in [0.25, 0.3) is 6.08 Å². The average Bonchev–Trinajstić information content (AvgIpc) is 2.95. The molecule has 0 fully saturated rings. The van der Waals surface area contributed by atoms with Crippen LogP contribution >= 0.6 is 11.3 Å². The Kier molecular flexibility index (Phi) is 6.41. The molecule has 0 aliphatic carbocycles. The van der Waals surface area contributed by atoms with Gasteiger partial charge in [-0.25, -0.2) is 4.79 Å². The van der Waals surface area contributed by atoms with E-state index in [1.807, 2.05) is 6.07 Å². The number of carbonyl (C=O) groups excluding carboxylic acids is 2. The van der Waals surface area contributed by atoms with Crippen molar-refractivity contribution in [1.82, 2.24) is 0 Å². The number of thiophene rings is 1. The highest BCUT2D eigenvalue weighted by molar-refractivity contribution is 7.18. The largest absolute Gasteiger partial charge is 0.462 e. The molecule has 138 valence electrons. The average molecular weight is 385 g/mol. The third kappa shape index (κ3) is 4.77. The third-order valence-electron chi connectivity index (χ3n) is 3.46. The van der Waals surface area contributed by atoms with Gasteiger partial charge in [0.05, 0.1) is 17.1 Å². The Morgan fingerprint density at radius 2 is 2.19 bits per heavy atom. The summed E-state index contributed by atoms with van der Waals surface area (Å²) in [6.45, 7) is 3.48. The van der Waals surface area contributed by atoms with Gasteiger partial charge in [-0.3, -0.25) is 14.9 Å². The van der Waals surface area contributed by atoms with E-state index >= 15 is 0 Å². The first kappa shape index (κ1) is 19.8. The molecule has 2 aromatic rings. The van der Waals surface area contributed by atoms with Crippen LogP contribution in [-0.2, 0) is 9.53 Å². The summed E-state index contributed by atoms with van der Waals surface area (Å²) in [4.78, 5) is 34.6. The van der Waals surface area contributed by atoms with E-state index in [1.165, 1.54) is 30.4 Å². The molecule has 0 spiro atoms. The first-order valence-electron chi connectivity index (χ1n) is 7.81. The number of rotatable bonds is 6. The molecule has 0 aliphatic rings. The summed E-state index contributed by atoms with van der Waals surface area (Å²) in [7, 11) is 0. The number of carbonyl (C=O) groups is 2. The number of anilines is 1. The molecule has 1 N–H and O–H groups in total. The van der Waals surface area contributed by atoms with Crippen molar-refractivity contribution in [3.05, 3.63) is 62.0 Å². The zero-order valence-corrected chi connectivity index (χ0v) is 15.3. The van der Waals surface area contributed by atoms with Crippen LogP contribution < -0.4 is 5.32 Å². The van der Waals surface area contributed by atoms with Gasteiger partial charge in [0, 0.05) is 18.2 Å². The molecule has 1 aromatic carbocycles. The maximum atomic E-state index is 12.1. The predicted octanol–water partition coefficient (Wildman–Crippen LogP) is 3.67. The second-order valence-corrected chi connectivity index (χ2v) is 6.29. The van der Waals surface area contributed by atoms with Crippen molar-refractivity contribution in [2.24, 2.45) is 0 Å². The summed E-state index contributed by atoms with van der Waals surface area (Å²) >= 11 is 0.963. The van der Waals surface area contributed by atoms with Gasteiger partial charge < -0.3 is 10.1 Å². The van der Waals surface area contributed by atoms with E-state index in [0.717, 1.165) is 11.3 Å². The molecule has 0 aliphatic heterocycles. The molecular weight excluding hydrogens is 370 g/mol. The number of nitrogens with zero attached hydrogens (tertiary/aromatic N) is 2. The van der Waals surface area contributed by atoms with E-state index in [0.29, 0.717) is 11.1 Å². The Bertz CT molecular complexity index is 972. The monoisotopic (exact) mass is 385 g/mol. The molecule has 0 saturated carbocycles. The SMILES string of the molecule is CCOC(=O)c1sc(NC(=O)C=Cc2cccc([N+](=O)[O-])c2)c(C#N)c1C. The molecule has 1 amide bonds. The fourth-order valence-corrected chi connectivity index (χ4v) is 3.25. The maximum Gasteiger partial charge on any atom is 0.348 e. The molecule has 9 heteroatoms. The zero-order chi connectivity index (χ0) is 20.0. The first-order valence-corrected chi connectivity index (χ1v) is 8.63. The molecule has 1 heterocycles. The smallest absolute Gasteiger partial charge is 0.348 e. The van der Waals surface area contributed by atoms with Gasteiger partial charge in [0.1, 0.15) is 15.9 Å². The number of hydrogen-bond donors (Lipinski definition) is 1. The summed E-state index contributed by atoms with van der Waals surface area (Å²) < 4.78 is 4.94. The highest BCUT2D eigenvalue weighted by Crippen LogP contribution is 2.33. The minimum Gasteiger partial charge on any atom is -0.462 e. The van der Waals surface area contributed by atoms with Crippen LogP contribution in [0.1, 0.15) is 33.3 Å². The number of non-ortho nitro benzene ring substituents is 1. The van der Waals surface area contributed by atoms with Gasteiger partial charge >= 0.3 is 5.97 Å². The summed E-state index contributed by atoms with van der Waals surface area (Å²) in [6.07, 6.45) is 2.61. The topological polar surface area (TPSA) is 122 Å². The Hall–Kier alpha value is -3.51. The molecule has 8 nitrogen and oxygen atoms in total. The lowest BCUT2D eigenvalue weighted by molar-refractivity contribution is -0.384. The molecule has 1 aromatic heterocycles. The number of nitro benzene ring substituents is 1. The van der Waals surface area contributed by atoms with Crippen LogP contribution in [0.5, 0.6) is 0 Å². The van der Waals surface area contributed by atoms with Crippen LogP contribution in [0.4, 0.5) is 10.7 Å². The van der Waals surface area contributed by atoms with Crippen molar-refractivity contribution < 1.29 is 19.2 Å². The van der Waals surface area contributed by atoms with Crippen molar-refractivity contribution in [3.8, 4) is 6.07 Å². The van der Waals surface area contributed by atoms with E-state index in [-0.39, 0.29) is 27.7 Å². The normalized spacial score (nSPS) is 10.4. The second-order valence-electron chi connectivity index (χ2n) is 5.27. The lowest BCUT2D eigenvalue weighted by atomic mass is 10.1. The van der Waals surface area contributed by atoms with E-state index in [1.54, 1.807) is 19.9 Å². The summed E-state index contributed by atoms with van der Waals surface area (Å²) in [5.74, 6) is -1.08. The van der Waals surface area contributed by atoms with Gasteiger partial charge in [0.15, 0.2) is 0 Å². The Balaban J connectivity index is 2.19. The van der Waals surface area contributed by atoms with Crippen molar-refractivity contribution in [2.45, 2.75) is 13.8 Å². The summed E-state index contributed by atoms with van der Waals surface area (Å²) in [6, 6.07) is 7.78. The number of benzene rings is 1. The van der Waals surface area contributed by atoms with Crippen LogP contribution in [0.3, 0.4) is 0 Å². The van der Waals surface area contributed by atoms with E-state index in [2.05, 4.69) is 5.32 Å². The quantitative estimate of drug-likeness (QED) is 0.350. The molecular formula is C18H15N3O5S. The molecule has 0 saturated heterocycles. The van der Waals surface area contributed by atoms with Crippen molar-refractivity contribution in [3.63, 3.8) is 0 Å². The number of nitrogens with one attached hydrogen (secondary N) is 1. The fraction of sp³-hybridized carbons (Fsp3) is 0.167. The van der Waals surface area contributed by atoms with Crippen LogP contribution in [0.2, 0.25) is 0 Å². The minimum atomic E-state index is -0.552. The first-order chi connectivity index (χ1) is 12.9. The molecule has 0 atom stereocenters. The maximum absolute atomic E-state index is 12.1. The third-order valence-corrected chi connectivity index (χ3v) is 4.65. The predicted molar refractivity (Wildman–Crippen MR) is 100 cm³/mol. The second kappa shape index (κ2) is 8.73. The van der Waals surface area contributed by atoms with Crippen molar-refractivity contribution in [2.75, 3.05) is 11.9 Å². The Morgan fingerprint density at radius 3 is 2.81 bits per heavy atom. The van der Waals surface area contributed by atoms with Crippen LogP contribution in [-0.4, -0.2) is 23.4 Å². The minimum absolute atomic E-state index is 0.0858. The number of nitriles is 1. The molecule has 0 radical (unpaired) electrons. The van der Waals surface area contributed by atoms with Crippen LogP contribution in [0, 0.1) is 28.4 Å². The van der Waals surface area contributed by atoms with Gasteiger partial charge in [-0.1, -0.05) is 12.1 Å². The number of ether oxygens (including phenoxy) is 1. The van der Waals surface area contributed by atoms with E-state index in [9.17, 15) is 25.0 Å². The fourth-order valence-electron chi connectivity index (χ4n) is 2.20. The van der Waals surface area contributed by atoms with Crippen molar-refractivity contribution >= 4 is 40.0 Å². The van der Waals surface area contributed by atoms with Crippen LogP contribution in [0.15, 0.2) is 30.3 Å².